The van der Waals surface area contributed by atoms with E-state index in [1.54, 1.807) is 0 Å². The Morgan fingerprint density at radius 3 is 2.89 bits per heavy atom. The van der Waals surface area contributed by atoms with E-state index in [2.05, 4.69) is 10.4 Å². The van der Waals surface area contributed by atoms with Gasteiger partial charge >= 0.3 is 6.02 Å². The van der Waals surface area contributed by atoms with Crippen LogP contribution in [-0.2, 0) is 9.53 Å². The third-order valence-corrected chi connectivity index (χ3v) is 3.34. The van der Waals surface area contributed by atoms with Gasteiger partial charge in [0, 0.05) is 6.42 Å². The van der Waals surface area contributed by atoms with Crippen LogP contribution < -0.4 is 11.2 Å². The fourth-order valence-electron chi connectivity index (χ4n) is 2.83. The lowest BCUT2D eigenvalue weighted by molar-refractivity contribution is -0.133. The number of amidine groups is 1. The Morgan fingerprint density at radius 2 is 2.37 bits per heavy atom. The fourth-order valence-corrected chi connectivity index (χ4v) is 2.83. The Bertz CT molecular complexity index is 518. The van der Waals surface area contributed by atoms with Crippen molar-refractivity contribution >= 4 is 11.9 Å². The van der Waals surface area contributed by atoms with Gasteiger partial charge in [0.05, 0.1) is 11.8 Å². The van der Waals surface area contributed by atoms with Crippen LogP contribution in [0.3, 0.4) is 0 Å². The van der Waals surface area contributed by atoms with E-state index in [0.717, 1.165) is 0 Å². The number of allylic oxidation sites excluding steroid dienone is 1. The number of nitrogens with two attached hydrogens (primary N) is 1. The second-order valence-electron chi connectivity index (χ2n) is 5.70. The number of nitrogens with zero attached hydrogens (tertiary/aromatic N) is 2. The summed E-state index contributed by atoms with van der Waals surface area (Å²) in [6.07, 6.45) is 2.30. The third kappa shape index (κ3) is 2.21. The van der Waals surface area contributed by atoms with Crippen LogP contribution in [0.4, 0.5) is 0 Å². The maximum Gasteiger partial charge on any atom is 0.313 e. The molecule has 0 aromatic heterocycles. The van der Waals surface area contributed by atoms with E-state index >= 15 is 0 Å². The molecule has 1 amide bonds. The Morgan fingerprint density at radius 1 is 1.68 bits per heavy atom. The van der Waals surface area contributed by atoms with E-state index in [1.165, 1.54) is 6.08 Å². The molecular formula is C12H16N4O3. The van der Waals surface area contributed by atoms with Gasteiger partial charge in [0.2, 0.25) is 5.91 Å². The minimum absolute atomic E-state index is 0.0996. The predicted octanol–water partition coefficient (Wildman–Crippen LogP) is 0.503. The summed E-state index contributed by atoms with van der Waals surface area (Å²) in [5.74, 6) is 3.64. The number of aliphatic hydroxyl groups excluding tert-OH is 1. The van der Waals surface area contributed by atoms with Crippen molar-refractivity contribution in [1.82, 2.24) is 5.32 Å². The monoisotopic (exact) mass is 264 g/mol. The molecule has 0 bridgehead atoms. The molecule has 1 aliphatic carbocycles. The average Bonchev–Trinajstić information content (AvgIpc) is 2.25. The number of carbonyl (C=O) groups is 1. The Kier molecular flexibility index (Phi) is 2.89. The van der Waals surface area contributed by atoms with Crippen molar-refractivity contribution in [3.8, 4) is 6.07 Å². The number of hydrazone groups is 1. The molecule has 19 heavy (non-hydrogen) atoms. The Hall–Kier alpha value is -2.23. The predicted molar refractivity (Wildman–Crippen MR) is 66.4 cm³/mol. The van der Waals surface area contributed by atoms with Crippen LogP contribution in [0, 0.1) is 22.7 Å². The van der Waals surface area contributed by atoms with Gasteiger partial charge in [-0.25, -0.2) is 0 Å². The molecule has 2 unspecified atom stereocenters. The molecule has 0 saturated carbocycles. The van der Waals surface area contributed by atoms with Gasteiger partial charge < -0.3 is 15.7 Å². The quantitative estimate of drug-likeness (QED) is 0.434. The van der Waals surface area contributed by atoms with E-state index in [4.69, 9.17) is 10.6 Å². The van der Waals surface area contributed by atoms with Crippen molar-refractivity contribution in [2.24, 2.45) is 22.3 Å². The lowest BCUT2D eigenvalue weighted by Gasteiger charge is -2.45. The van der Waals surface area contributed by atoms with E-state index in [-0.39, 0.29) is 17.2 Å². The molecule has 1 fully saturated rings. The molecule has 0 radical (unpaired) electrons. The molecule has 2 rings (SSSR count). The van der Waals surface area contributed by atoms with Crippen LogP contribution >= 0.6 is 0 Å². The van der Waals surface area contributed by atoms with Crippen LogP contribution in [0.1, 0.15) is 26.7 Å². The maximum absolute atomic E-state index is 11.9. The van der Waals surface area contributed by atoms with Crippen LogP contribution in [0.25, 0.3) is 0 Å². The normalized spacial score (nSPS) is 35.2. The number of carbonyl (C=O) groups excluding carboxylic acids is 1. The molecule has 2 atom stereocenters. The zero-order valence-electron chi connectivity index (χ0n) is 10.8. The molecule has 1 aliphatic heterocycles. The van der Waals surface area contributed by atoms with Gasteiger partial charge in [-0.15, -0.1) is 5.10 Å². The zero-order valence-corrected chi connectivity index (χ0v) is 10.8. The van der Waals surface area contributed by atoms with Crippen LogP contribution in [0.15, 0.2) is 16.9 Å². The smallest absolute Gasteiger partial charge is 0.313 e. The standard InChI is InChI=1S/C12H16N4O3/c1-11(2)3-7(17)4-12(6-11)8(5-13)9(18)15-10(16-14)19-12/h4,8,17H,3,6,14H2,1-2H3,(H,15,16,18). The molecule has 1 heterocycles. The van der Waals surface area contributed by atoms with E-state index < -0.39 is 17.4 Å². The molecule has 7 heteroatoms. The highest BCUT2D eigenvalue weighted by molar-refractivity contribution is 5.99. The highest BCUT2D eigenvalue weighted by Gasteiger charge is 2.54. The van der Waals surface area contributed by atoms with Crippen molar-refractivity contribution in [3.05, 3.63) is 11.8 Å². The highest BCUT2D eigenvalue weighted by atomic mass is 16.5. The molecule has 7 nitrogen and oxygen atoms in total. The minimum atomic E-state index is -1.22. The van der Waals surface area contributed by atoms with Gasteiger partial charge in [0.1, 0.15) is 0 Å². The van der Waals surface area contributed by atoms with Gasteiger partial charge in [0.25, 0.3) is 0 Å². The maximum atomic E-state index is 11.9. The molecule has 0 aromatic carbocycles. The van der Waals surface area contributed by atoms with Gasteiger partial charge in [-0.05, 0) is 17.9 Å². The average molecular weight is 264 g/mol. The molecule has 1 spiro atoms. The van der Waals surface area contributed by atoms with E-state index in [0.29, 0.717) is 12.8 Å². The summed E-state index contributed by atoms with van der Waals surface area (Å²) in [4.78, 5) is 11.9. The molecule has 1 saturated heterocycles. The number of rotatable bonds is 0. The van der Waals surface area contributed by atoms with Crippen LogP contribution in [0.5, 0.6) is 0 Å². The van der Waals surface area contributed by atoms with Crippen molar-refractivity contribution < 1.29 is 14.6 Å². The largest absolute Gasteiger partial charge is 0.512 e. The summed E-state index contributed by atoms with van der Waals surface area (Å²) in [5.41, 5.74) is -1.52. The SMILES string of the molecule is CC1(C)CC(O)=CC2(C1)O/C(=N\N)NC(=O)C2C#N. The van der Waals surface area contributed by atoms with Gasteiger partial charge in [-0.1, -0.05) is 13.8 Å². The molecule has 0 aromatic rings. The summed E-state index contributed by atoms with van der Waals surface area (Å²) in [7, 11) is 0. The summed E-state index contributed by atoms with van der Waals surface area (Å²) in [6, 6.07) is 1.79. The molecule has 4 N–H and O–H groups in total. The first-order valence-electron chi connectivity index (χ1n) is 5.90. The van der Waals surface area contributed by atoms with Crippen LogP contribution in [0.2, 0.25) is 0 Å². The second kappa shape index (κ2) is 4.16. The van der Waals surface area contributed by atoms with Gasteiger partial charge in [0.15, 0.2) is 11.5 Å². The van der Waals surface area contributed by atoms with Crippen molar-refractivity contribution in [2.45, 2.75) is 32.3 Å². The summed E-state index contributed by atoms with van der Waals surface area (Å²) >= 11 is 0. The van der Waals surface area contributed by atoms with Crippen molar-refractivity contribution in [3.63, 3.8) is 0 Å². The lowest BCUT2D eigenvalue weighted by atomic mass is 9.68. The van der Waals surface area contributed by atoms with E-state index in [1.807, 2.05) is 19.9 Å². The summed E-state index contributed by atoms with van der Waals surface area (Å²) in [6.45, 7) is 3.86. The topological polar surface area (TPSA) is 121 Å². The summed E-state index contributed by atoms with van der Waals surface area (Å²) < 4.78 is 5.58. The van der Waals surface area contributed by atoms with Crippen molar-refractivity contribution in [1.29, 1.82) is 5.26 Å². The molecule has 102 valence electrons. The molecular weight excluding hydrogens is 248 g/mol. The first-order valence-corrected chi connectivity index (χ1v) is 5.90. The third-order valence-electron chi connectivity index (χ3n) is 3.34. The zero-order chi connectivity index (χ0) is 14.3. The number of ether oxygens (including phenoxy) is 1. The van der Waals surface area contributed by atoms with Crippen LogP contribution in [-0.4, -0.2) is 22.6 Å². The highest BCUT2D eigenvalue weighted by Crippen LogP contribution is 2.45. The lowest BCUT2D eigenvalue weighted by Crippen LogP contribution is -2.59. The van der Waals surface area contributed by atoms with E-state index in [9.17, 15) is 15.2 Å². The Labute approximate surface area is 110 Å². The summed E-state index contributed by atoms with van der Waals surface area (Å²) in [5, 5.41) is 24.8. The second-order valence-corrected chi connectivity index (χ2v) is 5.70. The number of aliphatic hydroxyl groups is 1. The number of hydrogen-bond acceptors (Lipinski definition) is 6. The van der Waals surface area contributed by atoms with Crippen molar-refractivity contribution in [2.75, 3.05) is 0 Å². The number of amides is 1. The first kappa shape index (κ1) is 13.2. The number of hydrogen-bond donors (Lipinski definition) is 3. The first-order chi connectivity index (χ1) is 8.82. The number of nitriles is 1. The van der Waals surface area contributed by atoms with Gasteiger partial charge in [-0.3, -0.25) is 10.1 Å². The van der Waals surface area contributed by atoms with Gasteiger partial charge in [-0.2, -0.15) is 5.26 Å². The molecule has 2 aliphatic rings. The fraction of sp³-hybridized carbons (Fsp3) is 0.583. The Balaban J connectivity index is 2.51. The number of nitrogens with one attached hydrogen (secondary N) is 1. The minimum Gasteiger partial charge on any atom is -0.512 e.